The Balaban J connectivity index is 1.47. The quantitative estimate of drug-likeness (QED) is 0.673. The first-order valence-corrected chi connectivity index (χ1v) is 10.1. The molecule has 7 heteroatoms. The van der Waals surface area contributed by atoms with Crippen LogP contribution < -0.4 is 10.2 Å². The number of piperazine rings is 1. The smallest absolute Gasteiger partial charge is 0.291 e. The third-order valence-electron chi connectivity index (χ3n) is 5.16. The monoisotopic (exact) mass is 423 g/mol. The molecule has 1 aromatic heterocycles. The third kappa shape index (κ3) is 4.19. The van der Waals surface area contributed by atoms with Gasteiger partial charge in [0.2, 0.25) is 0 Å². The SMILES string of the molecule is Cc1ccc(C(=O)N2CCN(c3c(Cl)cccc3NC(=O)c3ccco3)CC2)cc1. The molecule has 0 aliphatic carbocycles. The molecule has 0 saturated carbocycles. The molecule has 0 radical (unpaired) electrons. The van der Waals surface area contributed by atoms with Crippen molar-refractivity contribution in [2.75, 3.05) is 36.4 Å². The topological polar surface area (TPSA) is 65.8 Å². The van der Waals surface area contributed by atoms with Crippen molar-refractivity contribution in [1.82, 2.24) is 4.90 Å². The highest BCUT2D eigenvalue weighted by Crippen LogP contribution is 2.35. The van der Waals surface area contributed by atoms with E-state index in [1.54, 1.807) is 24.3 Å². The van der Waals surface area contributed by atoms with Gasteiger partial charge in [-0.05, 0) is 43.3 Å². The van der Waals surface area contributed by atoms with E-state index in [4.69, 9.17) is 16.0 Å². The van der Waals surface area contributed by atoms with E-state index in [0.717, 1.165) is 11.3 Å². The van der Waals surface area contributed by atoms with Gasteiger partial charge in [-0.1, -0.05) is 35.4 Å². The molecule has 2 heterocycles. The fourth-order valence-electron chi connectivity index (χ4n) is 3.54. The summed E-state index contributed by atoms with van der Waals surface area (Å²) in [5, 5.41) is 3.42. The van der Waals surface area contributed by atoms with Crippen molar-refractivity contribution in [3.63, 3.8) is 0 Å². The minimum atomic E-state index is -0.336. The maximum absolute atomic E-state index is 12.8. The minimum absolute atomic E-state index is 0.0279. The lowest BCUT2D eigenvalue weighted by Gasteiger charge is -2.37. The van der Waals surface area contributed by atoms with E-state index < -0.39 is 0 Å². The number of hydrogen-bond donors (Lipinski definition) is 1. The molecule has 2 amide bonds. The second-order valence-electron chi connectivity index (χ2n) is 7.21. The van der Waals surface area contributed by atoms with E-state index in [1.165, 1.54) is 6.26 Å². The molecular weight excluding hydrogens is 402 g/mol. The first-order chi connectivity index (χ1) is 14.5. The van der Waals surface area contributed by atoms with Crippen molar-refractivity contribution in [2.24, 2.45) is 0 Å². The molecule has 1 aliphatic heterocycles. The van der Waals surface area contributed by atoms with Crippen LogP contribution >= 0.6 is 11.6 Å². The Labute approximate surface area is 180 Å². The Morgan fingerprint density at radius 2 is 1.70 bits per heavy atom. The maximum atomic E-state index is 12.8. The van der Waals surface area contributed by atoms with Crippen LogP contribution in [0.5, 0.6) is 0 Å². The molecule has 3 aromatic rings. The average molecular weight is 424 g/mol. The summed E-state index contributed by atoms with van der Waals surface area (Å²) in [7, 11) is 0. The normalized spacial score (nSPS) is 13.9. The molecule has 0 spiro atoms. The number of carbonyl (C=O) groups is 2. The predicted molar refractivity (Wildman–Crippen MR) is 117 cm³/mol. The maximum Gasteiger partial charge on any atom is 0.291 e. The summed E-state index contributed by atoms with van der Waals surface area (Å²) in [4.78, 5) is 29.1. The van der Waals surface area contributed by atoms with E-state index in [1.807, 2.05) is 42.2 Å². The lowest BCUT2D eigenvalue weighted by molar-refractivity contribution is 0.0746. The van der Waals surface area contributed by atoms with Crippen molar-refractivity contribution in [2.45, 2.75) is 6.92 Å². The van der Waals surface area contributed by atoms with Crippen molar-refractivity contribution < 1.29 is 14.0 Å². The Morgan fingerprint density at radius 1 is 0.967 bits per heavy atom. The zero-order chi connectivity index (χ0) is 21.1. The Bertz CT molecular complexity index is 1040. The molecule has 154 valence electrons. The van der Waals surface area contributed by atoms with Crippen LogP contribution in [0.4, 0.5) is 11.4 Å². The molecule has 1 aliphatic rings. The molecule has 1 fully saturated rings. The number of rotatable bonds is 4. The highest BCUT2D eigenvalue weighted by atomic mass is 35.5. The minimum Gasteiger partial charge on any atom is -0.459 e. The number of nitrogens with zero attached hydrogens (tertiary/aromatic N) is 2. The number of nitrogens with one attached hydrogen (secondary N) is 1. The van der Waals surface area contributed by atoms with Gasteiger partial charge in [0.25, 0.3) is 11.8 Å². The van der Waals surface area contributed by atoms with Crippen LogP contribution in [0.15, 0.2) is 65.3 Å². The molecule has 0 atom stereocenters. The largest absolute Gasteiger partial charge is 0.459 e. The Hall–Kier alpha value is -3.25. The van der Waals surface area contributed by atoms with Crippen LogP contribution in [-0.2, 0) is 0 Å². The van der Waals surface area contributed by atoms with Gasteiger partial charge in [-0.15, -0.1) is 0 Å². The average Bonchev–Trinajstić information content (AvgIpc) is 3.29. The van der Waals surface area contributed by atoms with Gasteiger partial charge < -0.3 is 19.5 Å². The number of aryl methyl sites for hydroxylation is 1. The van der Waals surface area contributed by atoms with Crippen molar-refractivity contribution in [1.29, 1.82) is 0 Å². The molecule has 2 aromatic carbocycles. The van der Waals surface area contributed by atoms with E-state index in [0.29, 0.717) is 42.5 Å². The summed E-state index contributed by atoms with van der Waals surface area (Å²) >= 11 is 6.48. The van der Waals surface area contributed by atoms with Crippen molar-refractivity contribution >= 4 is 34.8 Å². The van der Waals surface area contributed by atoms with Crippen LogP contribution in [0.1, 0.15) is 26.5 Å². The molecule has 6 nitrogen and oxygen atoms in total. The first-order valence-electron chi connectivity index (χ1n) is 9.77. The van der Waals surface area contributed by atoms with E-state index in [2.05, 4.69) is 10.2 Å². The van der Waals surface area contributed by atoms with E-state index in [-0.39, 0.29) is 17.6 Å². The molecular formula is C23H22ClN3O3. The number of hydrogen-bond acceptors (Lipinski definition) is 4. The molecule has 0 bridgehead atoms. The Morgan fingerprint density at radius 3 is 2.37 bits per heavy atom. The predicted octanol–water partition coefficient (Wildman–Crippen LogP) is 4.46. The van der Waals surface area contributed by atoms with Gasteiger partial charge in [0.1, 0.15) is 0 Å². The van der Waals surface area contributed by atoms with Gasteiger partial charge >= 0.3 is 0 Å². The van der Waals surface area contributed by atoms with Crippen LogP contribution in [0, 0.1) is 6.92 Å². The Kier molecular flexibility index (Phi) is 5.77. The fourth-order valence-corrected chi connectivity index (χ4v) is 3.84. The lowest BCUT2D eigenvalue weighted by Crippen LogP contribution is -2.49. The number of carbonyl (C=O) groups excluding carboxylic acids is 2. The zero-order valence-corrected chi connectivity index (χ0v) is 17.4. The number of furan rings is 1. The highest BCUT2D eigenvalue weighted by molar-refractivity contribution is 6.34. The lowest BCUT2D eigenvalue weighted by atomic mass is 10.1. The standard InChI is InChI=1S/C23H22ClN3O3/c1-16-7-9-17(10-8-16)23(29)27-13-11-26(12-14-27)21-18(24)4-2-5-19(21)25-22(28)20-6-3-15-30-20/h2-10,15H,11-14H2,1H3,(H,25,28). The summed E-state index contributed by atoms with van der Waals surface area (Å²) in [6, 6.07) is 16.3. The summed E-state index contributed by atoms with van der Waals surface area (Å²) < 4.78 is 5.17. The molecule has 1 N–H and O–H groups in total. The van der Waals surface area contributed by atoms with Gasteiger partial charge in [0.15, 0.2) is 5.76 Å². The van der Waals surface area contributed by atoms with E-state index >= 15 is 0 Å². The molecule has 30 heavy (non-hydrogen) atoms. The van der Waals surface area contributed by atoms with Crippen molar-refractivity contribution in [3.05, 3.63) is 82.8 Å². The van der Waals surface area contributed by atoms with Crippen LogP contribution in [0.25, 0.3) is 0 Å². The summed E-state index contributed by atoms with van der Waals surface area (Å²) in [6.45, 7) is 4.38. The number of amides is 2. The summed E-state index contributed by atoms with van der Waals surface area (Å²) in [5.41, 5.74) is 3.18. The van der Waals surface area contributed by atoms with Gasteiger partial charge in [-0.25, -0.2) is 0 Å². The van der Waals surface area contributed by atoms with Gasteiger partial charge in [-0.3, -0.25) is 9.59 Å². The van der Waals surface area contributed by atoms with Crippen LogP contribution in [0.3, 0.4) is 0 Å². The van der Waals surface area contributed by atoms with Gasteiger partial charge in [0, 0.05) is 31.7 Å². The van der Waals surface area contributed by atoms with Crippen molar-refractivity contribution in [3.8, 4) is 0 Å². The van der Waals surface area contributed by atoms with Crippen LogP contribution in [-0.4, -0.2) is 42.9 Å². The number of para-hydroxylation sites is 1. The molecule has 0 unspecified atom stereocenters. The molecule has 1 saturated heterocycles. The summed E-state index contributed by atoms with van der Waals surface area (Å²) in [5.74, 6) is -0.0775. The second-order valence-corrected chi connectivity index (χ2v) is 7.62. The highest BCUT2D eigenvalue weighted by Gasteiger charge is 2.25. The van der Waals surface area contributed by atoms with Gasteiger partial charge in [0.05, 0.1) is 22.7 Å². The number of benzene rings is 2. The third-order valence-corrected chi connectivity index (χ3v) is 5.47. The number of halogens is 1. The van der Waals surface area contributed by atoms with Gasteiger partial charge in [-0.2, -0.15) is 0 Å². The fraction of sp³-hybridized carbons (Fsp3) is 0.217. The zero-order valence-electron chi connectivity index (χ0n) is 16.6. The second kappa shape index (κ2) is 8.63. The summed E-state index contributed by atoms with van der Waals surface area (Å²) in [6.07, 6.45) is 1.46. The molecule has 4 rings (SSSR count). The first kappa shape index (κ1) is 20.0. The van der Waals surface area contributed by atoms with Crippen LogP contribution in [0.2, 0.25) is 5.02 Å². The number of anilines is 2. The van der Waals surface area contributed by atoms with E-state index in [9.17, 15) is 9.59 Å².